The van der Waals surface area contributed by atoms with Gasteiger partial charge in [-0.05, 0) is 41.6 Å². The van der Waals surface area contributed by atoms with E-state index in [0.717, 1.165) is 34.2 Å². The Labute approximate surface area is 131 Å². The van der Waals surface area contributed by atoms with E-state index in [1.807, 2.05) is 6.07 Å². The molecule has 0 saturated heterocycles. The molecule has 4 aromatic rings. The van der Waals surface area contributed by atoms with Gasteiger partial charge in [-0.3, -0.25) is 5.10 Å². The van der Waals surface area contributed by atoms with Gasteiger partial charge < -0.3 is 10.1 Å². The van der Waals surface area contributed by atoms with Crippen LogP contribution in [0.25, 0.3) is 32.5 Å². The van der Waals surface area contributed by atoms with E-state index in [9.17, 15) is 5.11 Å². The molecule has 3 aromatic heterocycles. The first kappa shape index (κ1) is 13.5. The van der Waals surface area contributed by atoms with Crippen LogP contribution in [0.15, 0.2) is 35.7 Å². The van der Waals surface area contributed by atoms with Crippen molar-refractivity contribution in [3.63, 3.8) is 0 Å². The van der Waals surface area contributed by atoms with Crippen molar-refractivity contribution in [2.24, 2.45) is 0 Å². The molecule has 3 heterocycles. The van der Waals surface area contributed by atoms with Crippen molar-refractivity contribution in [1.82, 2.24) is 15.2 Å². The van der Waals surface area contributed by atoms with Crippen LogP contribution in [0.2, 0.25) is 0 Å². The van der Waals surface area contributed by atoms with Crippen LogP contribution in [0.1, 0.15) is 24.8 Å². The summed E-state index contributed by atoms with van der Waals surface area (Å²) in [6.07, 6.45) is 0.939. The van der Waals surface area contributed by atoms with Crippen LogP contribution >= 0.6 is 11.3 Å². The monoisotopic (exact) mass is 311 g/mol. The Kier molecular flexibility index (Phi) is 3.24. The minimum Gasteiger partial charge on any atom is -0.396 e. The number of benzene rings is 1. The molecule has 0 unspecified atom stereocenters. The number of fused-ring (bicyclic) bond motifs is 2. The van der Waals surface area contributed by atoms with Crippen molar-refractivity contribution in [1.29, 1.82) is 0 Å². The first-order valence-electron chi connectivity index (χ1n) is 7.45. The van der Waals surface area contributed by atoms with Gasteiger partial charge in [-0.1, -0.05) is 13.0 Å². The van der Waals surface area contributed by atoms with Crippen LogP contribution < -0.4 is 0 Å². The standard InChI is InChI=1S/C17H17N3OS/c1-2-10(9-21)11-3-4-13-12(7-11)8-15(18-13)16-17-14(19-20-16)5-6-22-17/h3-8,10,18,21H,2,9H2,1H3,(H,19,20)/t10-/m1/s1. The smallest absolute Gasteiger partial charge is 0.126 e. The number of H-pyrrole nitrogens is 2. The zero-order chi connectivity index (χ0) is 15.1. The lowest BCUT2D eigenvalue weighted by Gasteiger charge is -2.11. The predicted octanol–water partition coefficient (Wildman–Crippen LogP) is 4.26. The van der Waals surface area contributed by atoms with E-state index in [1.165, 1.54) is 10.3 Å². The SMILES string of the molecule is CC[C@H](CO)c1ccc2[nH]c(-c3n[nH]c4ccsc34)cc2c1. The average molecular weight is 311 g/mol. The largest absolute Gasteiger partial charge is 0.396 e. The van der Waals surface area contributed by atoms with E-state index >= 15 is 0 Å². The Bertz CT molecular complexity index is 930. The highest BCUT2D eigenvalue weighted by atomic mass is 32.1. The molecule has 0 fully saturated rings. The van der Waals surface area contributed by atoms with Gasteiger partial charge in [0.2, 0.25) is 0 Å². The Balaban J connectivity index is 1.82. The highest BCUT2D eigenvalue weighted by Crippen LogP contribution is 2.32. The van der Waals surface area contributed by atoms with E-state index in [1.54, 1.807) is 11.3 Å². The molecule has 3 N–H and O–H groups in total. The molecule has 0 bridgehead atoms. The fourth-order valence-electron chi connectivity index (χ4n) is 2.93. The lowest BCUT2D eigenvalue weighted by Crippen LogP contribution is -2.01. The fraction of sp³-hybridized carbons (Fsp3) is 0.235. The van der Waals surface area contributed by atoms with Crippen LogP contribution in [0.4, 0.5) is 0 Å². The van der Waals surface area contributed by atoms with Gasteiger partial charge in [0.25, 0.3) is 0 Å². The van der Waals surface area contributed by atoms with E-state index in [2.05, 4.69) is 51.8 Å². The highest BCUT2D eigenvalue weighted by molar-refractivity contribution is 7.17. The van der Waals surface area contributed by atoms with Crippen LogP contribution in [-0.4, -0.2) is 26.9 Å². The average Bonchev–Trinajstić information content (AvgIpc) is 3.22. The molecule has 4 nitrogen and oxygen atoms in total. The second-order valence-electron chi connectivity index (χ2n) is 5.55. The zero-order valence-electron chi connectivity index (χ0n) is 12.3. The molecule has 112 valence electrons. The zero-order valence-corrected chi connectivity index (χ0v) is 13.1. The van der Waals surface area contributed by atoms with Gasteiger partial charge in [-0.25, -0.2) is 0 Å². The van der Waals surface area contributed by atoms with Gasteiger partial charge in [0.05, 0.1) is 15.9 Å². The third-order valence-electron chi connectivity index (χ3n) is 4.25. The summed E-state index contributed by atoms with van der Waals surface area (Å²) in [7, 11) is 0. The topological polar surface area (TPSA) is 64.7 Å². The van der Waals surface area contributed by atoms with Crippen LogP contribution in [0.3, 0.4) is 0 Å². The summed E-state index contributed by atoms with van der Waals surface area (Å²) in [6.45, 7) is 2.29. The van der Waals surface area contributed by atoms with Gasteiger partial charge in [0, 0.05) is 23.4 Å². The molecule has 0 amide bonds. The van der Waals surface area contributed by atoms with Gasteiger partial charge in [0.1, 0.15) is 5.69 Å². The second-order valence-corrected chi connectivity index (χ2v) is 6.47. The van der Waals surface area contributed by atoms with Crippen LogP contribution in [0, 0.1) is 0 Å². The molecule has 0 spiro atoms. The molecule has 0 saturated carbocycles. The Morgan fingerprint density at radius 1 is 1.23 bits per heavy atom. The van der Waals surface area contributed by atoms with E-state index < -0.39 is 0 Å². The maximum absolute atomic E-state index is 9.48. The van der Waals surface area contributed by atoms with E-state index in [-0.39, 0.29) is 12.5 Å². The summed E-state index contributed by atoms with van der Waals surface area (Å²) in [5.41, 5.74) is 5.35. The number of hydrogen-bond acceptors (Lipinski definition) is 3. The van der Waals surface area contributed by atoms with Crippen molar-refractivity contribution in [2.75, 3.05) is 6.61 Å². The Morgan fingerprint density at radius 3 is 2.95 bits per heavy atom. The van der Waals surface area contributed by atoms with Crippen molar-refractivity contribution in [3.8, 4) is 11.4 Å². The summed E-state index contributed by atoms with van der Waals surface area (Å²) < 4.78 is 1.17. The molecular weight excluding hydrogens is 294 g/mol. The Hall–Kier alpha value is -2.11. The van der Waals surface area contributed by atoms with Crippen molar-refractivity contribution < 1.29 is 5.11 Å². The summed E-state index contributed by atoms with van der Waals surface area (Å²) in [4.78, 5) is 3.44. The van der Waals surface area contributed by atoms with Crippen LogP contribution in [0.5, 0.6) is 0 Å². The fourth-order valence-corrected chi connectivity index (χ4v) is 3.78. The van der Waals surface area contributed by atoms with E-state index in [4.69, 9.17) is 0 Å². The first-order valence-corrected chi connectivity index (χ1v) is 8.33. The van der Waals surface area contributed by atoms with Gasteiger partial charge >= 0.3 is 0 Å². The number of thiophene rings is 1. The van der Waals surface area contributed by atoms with Gasteiger partial charge in [-0.15, -0.1) is 11.3 Å². The van der Waals surface area contributed by atoms with Crippen LogP contribution in [-0.2, 0) is 0 Å². The van der Waals surface area contributed by atoms with Gasteiger partial charge in [-0.2, -0.15) is 5.10 Å². The molecule has 1 aromatic carbocycles. The number of nitrogens with zero attached hydrogens (tertiary/aromatic N) is 1. The van der Waals surface area contributed by atoms with Crippen molar-refractivity contribution in [3.05, 3.63) is 41.3 Å². The summed E-state index contributed by atoms with van der Waals surface area (Å²) in [5.74, 6) is 0.206. The number of nitrogens with one attached hydrogen (secondary N) is 2. The van der Waals surface area contributed by atoms with Crippen molar-refractivity contribution >= 4 is 32.5 Å². The quantitative estimate of drug-likeness (QED) is 0.527. The molecule has 1 atom stereocenters. The summed E-state index contributed by atoms with van der Waals surface area (Å²) in [6, 6.07) is 10.5. The number of rotatable bonds is 4. The number of aliphatic hydroxyl groups is 1. The third-order valence-corrected chi connectivity index (χ3v) is 5.17. The third kappa shape index (κ3) is 2.05. The summed E-state index contributed by atoms with van der Waals surface area (Å²) >= 11 is 1.69. The molecular formula is C17H17N3OS. The molecule has 22 heavy (non-hydrogen) atoms. The highest BCUT2D eigenvalue weighted by Gasteiger charge is 2.13. The molecule has 0 aliphatic rings. The number of hydrogen-bond donors (Lipinski definition) is 3. The lowest BCUT2D eigenvalue weighted by molar-refractivity contribution is 0.262. The molecule has 0 aliphatic heterocycles. The number of aromatic nitrogens is 3. The maximum atomic E-state index is 9.48. The molecule has 0 radical (unpaired) electrons. The first-order chi connectivity index (χ1) is 10.8. The maximum Gasteiger partial charge on any atom is 0.126 e. The predicted molar refractivity (Wildman–Crippen MR) is 91.4 cm³/mol. The molecule has 0 aliphatic carbocycles. The van der Waals surface area contributed by atoms with Crippen molar-refractivity contribution in [2.45, 2.75) is 19.3 Å². The summed E-state index contributed by atoms with van der Waals surface area (Å²) in [5, 5.41) is 20.2. The Morgan fingerprint density at radius 2 is 2.14 bits per heavy atom. The second kappa shape index (κ2) is 5.26. The molecule has 4 rings (SSSR count). The lowest BCUT2D eigenvalue weighted by atomic mass is 9.96. The number of aromatic amines is 2. The van der Waals surface area contributed by atoms with Gasteiger partial charge in [0.15, 0.2) is 0 Å². The molecule has 5 heteroatoms. The normalized spacial score (nSPS) is 13.2. The number of aliphatic hydroxyl groups excluding tert-OH is 1. The minimum absolute atomic E-state index is 0.189. The van der Waals surface area contributed by atoms with E-state index in [0.29, 0.717) is 0 Å². The minimum atomic E-state index is 0.189.